The highest BCUT2D eigenvalue weighted by atomic mass is 16.7. The molecule has 0 saturated carbocycles. The summed E-state index contributed by atoms with van der Waals surface area (Å²) >= 11 is 0. The first-order valence-corrected chi connectivity index (χ1v) is 16.0. The lowest BCUT2D eigenvalue weighted by Gasteiger charge is -2.28. The van der Waals surface area contributed by atoms with Crippen LogP contribution in [-0.2, 0) is 14.2 Å². The van der Waals surface area contributed by atoms with Gasteiger partial charge < -0.3 is 39.0 Å². The first-order chi connectivity index (χ1) is 24.1. The highest BCUT2D eigenvalue weighted by Gasteiger charge is 2.34. The summed E-state index contributed by atoms with van der Waals surface area (Å²) in [6, 6.07) is 15.6. The summed E-state index contributed by atoms with van der Waals surface area (Å²) < 4.78 is 27.3. The minimum atomic E-state index is -1.14. The minimum absolute atomic E-state index is 0.0549. The van der Waals surface area contributed by atoms with Crippen LogP contribution in [0.25, 0.3) is 10.9 Å². The van der Waals surface area contributed by atoms with Crippen molar-refractivity contribution in [2.24, 2.45) is 0 Å². The van der Waals surface area contributed by atoms with E-state index in [1.54, 1.807) is 36.5 Å². The van der Waals surface area contributed by atoms with E-state index in [-0.39, 0.29) is 49.3 Å². The fourth-order valence-electron chi connectivity index (χ4n) is 5.94. The summed E-state index contributed by atoms with van der Waals surface area (Å²) in [5.41, 5.74) is 3.08. The van der Waals surface area contributed by atoms with E-state index < -0.39 is 30.1 Å². The molecule has 1 aromatic heterocycles. The number of aromatic nitrogens is 1. The molecule has 2 atom stereocenters. The van der Waals surface area contributed by atoms with Gasteiger partial charge in [0.25, 0.3) is 5.91 Å². The van der Waals surface area contributed by atoms with Crippen LogP contribution in [0.4, 0.5) is 4.79 Å². The van der Waals surface area contributed by atoms with E-state index in [9.17, 15) is 24.3 Å². The fourth-order valence-corrected chi connectivity index (χ4v) is 5.94. The molecule has 1 aliphatic heterocycles. The molecule has 1 fully saturated rings. The number of hydrogen-bond acceptors (Lipinski definition) is 10. The number of benzene rings is 3. The van der Waals surface area contributed by atoms with Crippen molar-refractivity contribution in [1.82, 2.24) is 15.2 Å². The lowest BCUT2D eigenvalue weighted by molar-refractivity contribution is 0.0179. The Morgan fingerprint density at radius 2 is 1.54 bits per heavy atom. The quantitative estimate of drug-likeness (QED) is 0.115. The van der Waals surface area contributed by atoms with Gasteiger partial charge in [-0.05, 0) is 74.2 Å². The molecule has 50 heavy (non-hydrogen) atoms. The summed E-state index contributed by atoms with van der Waals surface area (Å²) in [6.07, 6.45) is 0.385. The van der Waals surface area contributed by atoms with E-state index in [2.05, 4.69) is 10.3 Å². The van der Waals surface area contributed by atoms with E-state index >= 15 is 0 Å². The number of methoxy groups -OCH3 is 2. The van der Waals surface area contributed by atoms with Crippen molar-refractivity contribution in [3.63, 3.8) is 0 Å². The number of nitrogens with zero attached hydrogens (tertiary/aromatic N) is 2. The maximum Gasteiger partial charge on any atom is 0.407 e. The predicted octanol–water partition coefficient (Wildman–Crippen LogP) is 5.15. The van der Waals surface area contributed by atoms with Gasteiger partial charge in [-0.2, -0.15) is 0 Å². The number of amides is 2. The molecule has 4 aromatic rings. The van der Waals surface area contributed by atoms with Gasteiger partial charge in [-0.1, -0.05) is 24.3 Å². The van der Waals surface area contributed by atoms with Crippen LogP contribution in [0.15, 0.2) is 66.9 Å². The van der Waals surface area contributed by atoms with E-state index in [0.717, 1.165) is 16.5 Å². The van der Waals surface area contributed by atoms with Gasteiger partial charge in [0.15, 0.2) is 25.1 Å². The molecule has 2 heterocycles. The number of esters is 1. The maximum atomic E-state index is 13.6. The van der Waals surface area contributed by atoms with Crippen LogP contribution in [0.5, 0.6) is 11.5 Å². The number of ketones is 1. The number of pyridine rings is 1. The Hall–Kier alpha value is -5.53. The van der Waals surface area contributed by atoms with Crippen LogP contribution in [0.1, 0.15) is 60.6 Å². The lowest BCUT2D eigenvalue weighted by atomic mass is 9.99. The zero-order chi connectivity index (χ0) is 35.8. The Labute approximate surface area is 289 Å². The van der Waals surface area contributed by atoms with Crippen LogP contribution in [0.3, 0.4) is 0 Å². The van der Waals surface area contributed by atoms with E-state index in [4.69, 9.17) is 23.7 Å². The molecule has 0 spiro atoms. The number of carboxylic acid groups (broad SMARTS) is 1. The fraction of sp³-hybridized carbons (Fsp3) is 0.324. The maximum absolute atomic E-state index is 13.6. The Morgan fingerprint density at radius 3 is 2.20 bits per heavy atom. The number of hydrogen-bond donors (Lipinski definition) is 2. The van der Waals surface area contributed by atoms with Crippen molar-refractivity contribution in [3.8, 4) is 11.5 Å². The number of rotatable bonds is 12. The van der Waals surface area contributed by atoms with Crippen LogP contribution in [-0.4, -0.2) is 91.8 Å². The third kappa shape index (κ3) is 8.18. The predicted molar refractivity (Wildman–Crippen MR) is 182 cm³/mol. The van der Waals surface area contributed by atoms with Crippen molar-refractivity contribution >= 4 is 34.7 Å². The van der Waals surface area contributed by atoms with Crippen molar-refractivity contribution in [2.75, 3.05) is 40.9 Å². The highest BCUT2D eigenvalue weighted by Crippen LogP contribution is 2.31. The molecular formula is C37H39N3O10. The van der Waals surface area contributed by atoms with Gasteiger partial charge in [0.05, 0.1) is 17.2 Å². The van der Waals surface area contributed by atoms with Gasteiger partial charge in [0.2, 0.25) is 0 Å². The molecule has 13 heteroatoms. The number of likely N-dealkylation sites (tertiary alicyclic amines) is 1. The molecule has 0 bridgehead atoms. The second-order valence-electron chi connectivity index (χ2n) is 11.9. The molecule has 5 rings (SSSR count). The van der Waals surface area contributed by atoms with Gasteiger partial charge in [-0.25, -0.2) is 9.59 Å². The van der Waals surface area contributed by atoms with Gasteiger partial charge >= 0.3 is 12.1 Å². The topological polar surface area (TPSA) is 163 Å². The largest absolute Gasteiger partial charge is 0.467 e. The molecule has 2 N–H and O–H groups in total. The third-order valence-corrected chi connectivity index (χ3v) is 8.35. The molecule has 2 amide bonds. The first-order valence-electron chi connectivity index (χ1n) is 16.0. The van der Waals surface area contributed by atoms with Gasteiger partial charge in [-0.15, -0.1) is 0 Å². The van der Waals surface area contributed by atoms with Crippen LogP contribution in [0, 0.1) is 13.8 Å². The Bertz CT molecular complexity index is 1850. The molecule has 0 aliphatic carbocycles. The number of fused-ring (bicyclic) bond motifs is 1. The SMILES string of the molecule is COCOc1c(C)cc(C(=O)N[C@@H]2CN(C(=O)O)CCC[C@H]2OC(=O)c2ccc(C(=O)c3ccc4cccnc4c3OCOC)cc2)cc1C. The summed E-state index contributed by atoms with van der Waals surface area (Å²) in [4.78, 5) is 58.0. The van der Waals surface area contributed by atoms with E-state index in [0.29, 0.717) is 35.2 Å². The summed E-state index contributed by atoms with van der Waals surface area (Å²) in [6.45, 7) is 3.73. The van der Waals surface area contributed by atoms with Gasteiger partial charge in [0.1, 0.15) is 17.4 Å². The Morgan fingerprint density at radius 1 is 0.880 bits per heavy atom. The van der Waals surface area contributed by atoms with Crippen molar-refractivity contribution in [2.45, 2.75) is 38.8 Å². The number of nitrogens with one attached hydrogen (secondary N) is 1. The monoisotopic (exact) mass is 685 g/mol. The van der Waals surface area contributed by atoms with Crippen molar-refractivity contribution in [1.29, 1.82) is 0 Å². The zero-order valence-electron chi connectivity index (χ0n) is 28.3. The molecule has 0 radical (unpaired) electrons. The second kappa shape index (κ2) is 16.2. The molecule has 13 nitrogen and oxygen atoms in total. The Balaban J connectivity index is 1.33. The number of carbonyl (C=O) groups is 4. The van der Waals surface area contributed by atoms with E-state index in [1.807, 2.05) is 19.9 Å². The van der Waals surface area contributed by atoms with Crippen molar-refractivity contribution < 1.29 is 48.0 Å². The standard InChI is InChI=1S/C37H39N3O10/c1-22-17-27(18-23(2)33(22)48-20-46-3)35(42)39-29-19-40(37(44)45)16-6-8-30(29)50-36(43)26-11-9-25(10-12-26)32(41)28-14-13-24-7-5-15-38-31(24)34(28)49-21-47-4/h5,7,9-15,17-18,29-30H,6,8,16,19-21H2,1-4H3,(H,39,42)(H,44,45)/t29-,30-/m1/s1. The lowest BCUT2D eigenvalue weighted by Crippen LogP contribution is -2.51. The molecule has 1 saturated heterocycles. The second-order valence-corrected chi connectivity index (χ2v) is 11.9. The van der Waals surface area contributed by atoms with Crippen LogP contribution in [0.2, 0.25) is 0 Å². The molecule has 1 aliphatic rings. The first kappa shape index (κ1) is 35.8. The van der Waals surface area contributed by atoms with Crippen LogP contribution < -0.4 is 14.8 Å². The number of ether oxygens (including phenoxy) is 5. The van der Waals surface area contributed by atoms with Crippen LogP contribution >= 0.6 is 0 Å². The van der Waals surface area contributed by atoms with Gasteiger partial charge in [0, 0.05) is 50.0 Å². The average molecular weight is 686 g/mol. The van der Waals surface area contributed by atoms with E-state index in [1.165, 1.54) is 43.4 Å². The minimum Gasteiger partial charge on any atom is -0.467 e. The number of carbonyl (C=O) groups excluding carboxylic acids is 3. The van der Waals surface area contributed by atoms with Crippen molar-refractivity contribution in [3.05, 3.63) is 100 Å². The summed E-state index contributed by atoms with van der Waals surface area (Å²) in [5.74, 6) is -0.581. The Kier molecular flexibility index (Phi) is 11.6. The molecule has 0 unspecified atom stereocenters. The molecular weight excluding hydrogens is 646 g/mol. The smallest absolute Gasteiger partial charge is 0.407 e. The van der Waals surface area contributed by atoms with Gasteiger partial charge in [-0.3, -0.25) is 14.6 Å². The normalized spacial score (nSPS) is 16.0. The third-order valence-electron chi connectivity index (χ3n) is 8.35. The number of aryl methyl sites for hydroxylation is 2. The highest BCUT2D eigenvalue weighted by molar-refractivity contribution is 6.13. The average Bonchev–Trinajstić information content (AvgIpc) is 3.31. The summed E-state index contributed by atoms with van der Waals surface area (Å²) in [7, 11) is 2.99. The zero-order valence-corrected chi connectivity index (χ0v) is 28.3. The summed E-state index contributed by atoms with van der Waals surface area (Å²) in [5, 5.41) is 13.4. The molecule has 3 aromatic carbocycles. The molecule has 262 valence electrons.